The van der Waals surface area contributed by atoms with Crippen molar-refractivity contribution in [1.29, 1.82) is 5.26 Å². The summed E-state index contributed by atoms with van der Waals surface area (Å²) in [6.07, 6.45) is 2.15. The van der Waals surface area contributed by atoms with Gasteiger partial charge in [0, 0.05) is 24.4 Å². The van der Waals surface area contributed by atoms with Crippen LogP contribution in [0.4, 0.5) is 0 Å². The first-order chi connectivity index (χ1) is 5.79. The number of hydrogen-bond donors (Lipinski definition) is 3. The van der Waals surface area contributed by atoms with E-state index in [1.54, 1.807) is 12.3 Å². The van der Waals surface area contributed by atoms with E-state index in [9.17, 15) is 0 Å². The number of nitrogens with one attached hydrogen (secondary N) is 1. The standard InChI is InChI=1S/C8H11N3O/c9-5-8-6(1-3-11-8)7(10)2-4-12/h1,3,7,11-12H,2,4,10H2/t7-/m0/s1. The first-order valence-electron chi connectivity index (χ1n) is 3.73. The Labute approximate surface area is 70.6 Å². The van der Waals surface area contributed by atoms with Crippen molar-refractivity contribution in [2.45, 2.75) is 12.5 Å². The van der Waals surface area contributed by atoms with Crippen LogP contribution in [0.1, 0.15) is 23.7 Å². The summed E-state index contributed by atoms with van der Waals surface area (Å²) in [5, 5.41) is 17.3. The molecule has 4 heteroatoms. The predicted molar refractivity (Wildman–Crippen MR) is 44.1 cm³/mol. The molecule has 1 rings (SSSR count). The van der Waals surface area contributed by atoms with Crippen molar-refractivity contribution < 1.29 is 5.11 Å². The summed E-state index contributed by atoms with van der Waals surface area (Å²) >= 11 is 0. The third-order valence-corrected chi connectivity index (χ3v) is 1.73. The quantitative estimate of drug-likeness (QED) is 0.600. The van der Waals surface area contributed by atoms with Gasteiger partial charge in [0.25, 0.3) is 0 Å². The molecule has 0 amide bonds. The fraction of sp³-hybridized carbons (Fsp3) is 0.375. The zero-order chi connectivity index (χ0) is 8.97. The van der Waals surface area contributed by atoms with E-state index in [4.69, 9.17) is 16.1 Å². The van der Waals surface area contributed by atoms with Gasteiger partial charge in [-0.05, 0) is 12.5 Å². The van der Waals surface area contributed by atoms with Crippen LogP contribution in [0.5, 0.6) is 0 Å². The van der Waals surface area contributed by atoms with Crippen molar-refractivity contribution in [2.75, 3.05) is 6.61 Å². The van der Waals surface area contributed by atoms with Gasteiger partial charge in [0.2, 0.25) is 0 Å². The lowest BCUT2D eigenvalue weighted by atomic mass is 10.1. The number of aliphatic hydroxyl groups excluding tert-OH is 1. The van der Waals surface area contributed by atoms with Gasteiger partial charge in [-0.3, -0.25) is 0 Å². The Kier molecular flexibility index (Phi) is 2.86. The molecule has 0 saturated carbocycles. The normalized spacial score (nSPS) is 12.4. The lowest BCUT2D eigenvalue weighted by Crippen LogP contribution is -2.12. The first-order valence-corrected chi connectivity index (χ1v) is 3.73. The van der Waals surface area contributed by atoms with Gasteiger partial charge in [-0.1, -0.05) is 0 Å². The van der Waals surface area contributed by atoms with Crippen molar-refractivity contribution in [3.8, 4) is 6.07 Å². The third kappa shape index (κ3) is 1.64. The van der Waals surface area contributed by atoms with Crippen molar-refractivity contribution in [3.05, 3.63) is 23.5 Å². The Morgan fingerprint density at radius 3 is 3.08 bits per heavy atom. The Balaban J connectivity index is 2.80. The summed E-state index contributed by atoms with van der Waals surface area (Å²) < 4.78 is 0. The van der Waals surface area contributed by atoms with Crippen molar-refractivity contribution >= 4 is 0 Å². The van der Waals surface area contributed by atoms with E-state index >= 15 is 0 Å². The minimum Gasteiger partial charge on any atom is -0.396 e. The molecular weight excluding hydrogens is 154 g/mol. The number of H-pyrrole nitrogens is 1. The minimum atomic E-state index is -0.254. The van der Waals surface area contributed by atoms with Gasteiger partial charge >= 0.3 is 0 Å². The Hall–Kier alpha value is -1.31. The van der Waals surface area contributed by atoms with Crippen LogP contribution in [0, 0.1) is 11.3 Å². The molecular formula is C8H11N3O. The summed E-state index contributed by atoms with van der Waals surface area (Å²) in [7, 11) is 0. The topological polar surface area (TPSA) is 85.8 Å². The molecule has 4 nitrogen and oxygen atoms in total. The van der Waals surface area contributed by atoms with Crippen LogP contribution in [-0.4, -0.2) is 16.7 Å². The van der Waals surface area contributed by atoms with Crippen molar-refractivity contribution in [2.24, 2.45) is 5.73 Å². The molecule has 1 aromatic rings. The van der Waals surface area contributed by atoms with Gasteiger partial charge in [-0.15, -0.1) is 0 Å². The van der Waals surface area contributed by atoms with Crippen molar-refractivity contribution in [3.63, 3.8) is 0 Å². The molecule has 0 aliphatic heterocycles. The zero-order valence-corrected chi connectivity index (χ0v) is 6.62. The van der Waals surface area contributed by atoms with E-state index in [1.165, 1.54) is 0 Å². The molecule has 0 aliphatic carbocycles. The number of hydrogen-bond acceptors (Lipinski definition) is 3. The van der Waals surface area contributed by atoms with Crippen LogP contribution in [0.25, 0.3) is 0 Å². The monoisotopic (exact) mass is 165 g/mol. The average molecular weight is 165 g/mol. The van der Waals surface area contributed by atoms with E-state index in [2.05, 4.69) is 4.98 Å². The van der Waals surface area contributed by atoms with E-state index in [0.29, 0.717) is 12.1 Å². The molecule has 0 radical (unpaired) electrons. The van der Waals surface area contributed by atoms with Crippen LogP contribution in [0.3, 0.4) is 0 Å². The molecule has 64 valence electrons. The average Bonchev–Trinajstić information content (AvgIpc) is 2.51. The maximum Gasteiger partial charge on any atom is 0.122 e. The first kappa shape index (κ1) is 8.78. The van der Waals surface area contributed by atoms with Crippen LogP contribution < -0.4 is 5.73 Å². The molecule has 1 heterocycles. The van der Waals surface area contributed by atoms with Crippen LogP contribution in [0.15, 0.2) is 12.3 Å². The number of aromatic amines is 1. The van der Waals surface area contributed by atoms with Gasteiger partial charge in [0.05, 0.1) is 0 Å². The molecule has 12 heavy (non-hydrogen) atoms. The van der Waals surface area contributed by atoms with Gasteiger partial charge < -0.3 is 15.8 Å². The molecule has 4 N–H and O–H groups in total. The van der Waals surface area contributed by atoms with Crippen LogP contribution in [-0.2, 0) is 0 Å². The second-order valence-electron chi connectivity index (χ2n) is 2.54. The van der Waals surface area contributed by atoms with E-state index < -0.39 is 0 Å². The molecule has 1 aromatic heterocycles. The molecule has 0 aromatic carbocycles. The highest BCUT2D eigenvalue weighted by Crippen LogP contribution is 2.16. The Morgan fingerprint density at radius 2 is 2.50 bits per heavy atom. The molecule has 1 atom stereocenters. The number of nitriles is 1. The fourth-order valence-electron chi connectivity index (χ4n) is 1.08. The fourth-order valence-corrected chi connectivity index (χ4v) is 1.08. The number of nitrogens with zero attached hydrogens (tertiary/aromatic N) is 1. The summed E-state index contributed by atoms with van der Waals surface area (Å²) in [6, 6.07) is 3.51. The number of aromatic nitrogens is 1. The number of rotatable bonds is 3. The lowest BCUT2D eigenvalue weighted by molar-refractivity contribution is 0.276. The number of nitrogens with two attached hydrogens (primary N) is 1. The third-order valence-electron chi connectivity index (χ3n) is 1.73. The highest BCUT2D eigenvalue weighted by Gasteiger charge is 2.10. The summed E-state index contributed by atoms with van der Waals surface area (Å²) in [4.78, 5) is 2.77. The molecule has 0 saturated heterocycles. The second-order valence-corrected chi connectivity index (χ2v) is 2.54. The maximum atomic E-state index is 8.63. The van der Waals surface area contributed by atoms with Gasteiger partial charge in [-0.2, -0.15) is 5.26 Å². The summed E-state index contributed by atoms with van der Waals surface area (Å²) in [5.41, 5.74) is 6.95. The summed E-state index contributed by atoms with van der Waals surface area (Å²) in [5.74, 6) is 0. The van der Waals surface area contributed by atoms with Gasteiger partial charge in [0.15, 0.2) is 0 Å². The maximum absolute atomic E-state index is 8.63. The second kappa shape index (κ2) is 3.90. The molecule has 0 fully saturated rings. The van der Waals surface area contributed by atoms with Crippen LogP contribution in [0.2, 0.25) is 0 Å². The molecule has 0 unspecified atom stereocenters. The Bertz CT molecular complexity index is 287. The SMILES string of the molecule is N#Cc1[nH]ccc1[C@@H](N)CCO. The van der Waals surface area contributed by atoms with Crippen LogP contribution >= 0.6 is 0 Å². The van der Waals surface area contributed by atoms with E-state index in [-0.39, 0.29) is 12.6 Å². The largest absolute Gasteiger partial charge is 0.396 e. The van der Waals surface area contributed by atoms with E-state index in [0.717, 1.165) is 5.56 Å². The molecule has 0 spiro atoms. The Morgan fingerprint density at radius 1 is 1.75 bits per heavy atom. The highest BCUT2D eigenvalue weighted by atomic mass is 16.3. The highest BCUT2D eigenvalue weighted by molar-refractivity contribution is 5.33. The minimum absolute atomic E-state index is 0.0389. The molecule has 0 aliphatic rings. The zero-order valence-electron chi connectivity index (χ0n) is 6.62. The number of aliphatic hydroxyl groups is 1. The van der Waals surface area contributed by atoms with Gasteiger partial charge in [-0.25, -0.2) is 0 Å². The smallest absolute Gasteiger partial charge is 0.122 e. The predicted octanol–water partition coefficient (Wildman–Crippen LogP) is 0.269. The van der Waals surface area contributed by atoms with Crippen molar-refractivity contribution in [1.82, 2.24) is 4.98 Å². The lowest BCUT2D eigenvalue weighted by Gasteiger charge is -2.07. The van der Waals surface area contributed by atoms with E-state index in [1.807, 2.05) is 6.07 Å². The molecule has 0 bridgehead atoms. The summed E-state index contributed by atoms with van der Waals surface area (Å²) in [6.45, 7) is 0.0389. The van der Waals surface area contributed by atoms with Gasteiger partial charge in [0.1, 0.15) is 11.8 Å².